The standard InChI is InChI=1S/C10H18N2O/c1-5-8-9(7(4)6(2)3)13-12-10(8)11/h6-7H,5H2,1-4H3,(H2,11,12). The number of nitrogen functional groups attached to an aromatic ring is 1. The van der Waals surface area contributed by atoms with Crippen molar-refractivity contribution >= 4 is 5.82 Å². The Bertz CT molecular complexity index is 278. The lowest BCUT2D eigenvalue weighted by Gasteiger charge is -2.12. The van der Waals surface area contributed by atoms with E-state index in [1.54, 1.807) is 0 Å². The highest BCUT2D eigenvalue weighted by Crippen LogP contribution is 2.29. The van der Waals surface area contributed by atoms with Gasteiger partial charge in [0.2, 0.25) is 0 Å². The van der Waals surface area contributed by atoms with Crippen LogP contribution in [0.1, 0.15) is 44.9 Å². The van der Waals surface area contributed by atoms with Gasteiger partial charge in [0.15, 0.2) is 5.82 Å². The second-order valence-electron chi connectivity index (χ2n) is 3.80. The molecule has 1 aromatic rings. The van der Waals surface area contributed by atoms with E-state index in [1.165, 1.54) is 0 Å². The van der Waals surface area contributed by atoms with E-state index >= 15 is 0 Å². The Morgan fingerprint density at radius 1 is 1.38 bits per heavy atom. The summed E-state index contributed by atoms with van der Waals surface area (Å²) in [5.41, 5.74) is 6.76. The van der Waals surface area contributed by atoms with Crippen LogP contribution in [0.3, 0.4) is 0 Å². The zero-order chi connectivity index (χ0) is 10.0. The number of rotatable bonds is 3. The number of anilines is 1. The van der Waals surface area contributed by atoms with Crippen molar-refractivity contribution in [1.29, 1.82) is 0 Å². The summed E-state index contributed by atoms with van der Waals surface area (Å²) in [5.74, 6) is 2.44. The van der Waals surface area contributed by atoms with Gasteiger partial charge in [0.25, 0.3) is 0 Å². The van der Waals surface area contributed by atoms with Gasteiger partial charge in [0.05, 0.1) is 0 Å². The van der Waals surface area contributed by atoms with Crippen molar-refractivity contribution in [2.45, 2.75) is 40.0 Å². The van der Waals surface area contributed by atoms with Crippen LogP contribution in [0.5, 0.6) is 0 Å². The van der Waals surface area contributed by atoms with Crippen molar-refractivity contribution < 1.29 is 4.52 Å². The van der Waals surface area contributed by atoms with Gasteiger partial charge in [-0.15, -0.1) is 0 Å². The van der Waals surface area contributed by atoms with E-state index in [2.05, 4.69) is 32.9 Å². The Morgan fingerprint density at radius 2 is 2.00 bits per heavy atom. The third-order valence-corrected chi connectivity index (χ3v) is 2.62. The van der Waals surface area contributed by atoms with Crippen LogP contribution >= 0.6 is 0 Å². The molecular formula is C10H18N2O. The fourth-order valence-electron chi connectivity index (χ4n) is 1.35. The molecule has 0 saturated heterocycles. The van der Waals surface area contributed by atoms with Crippen LogP contribution in [0.25, 0.3) is 0 Å². The van der Waals surface area contributed by atoms with Crippen LogP contribution in [0.4, 0.5) is 5.82 Å². The Kier molecular flexibility index (Phi) is 2.96. The van der Waals surface area contributed by atoms with E-state index in [4.69, 9.17) is 10.3 Å². The minimum Gasteiger partial charge on any atom is -0.381 e. The normalized spacial score (nSPS) is 13.6. The molecule has 1 rings (SSSR count). The van der Waals surface area contributed by atoms with Crippen LogP contribution in [-0.4, -0.2) is 5.16 Å². The summed E-state index contributed by atoms with van der Waals surface area (Å²) in [5, 5.41) is 3.79. The smallest absolute Gasteiger partial charge is 0.170 e. The first-order valence-corrected chi connectivity index (χ1v) is 4.81. The molecule has 74 valence electrons. The summed E-state index contributed by atoms with van der Waals surface area (Å²) < 4.78 is 5.23. The molecule has 0 saturated carbocycles. The monoisotopic (exact) mass is 182 g/mol. The number of nitrogens with two attached hydrogens (primary N) is 1. The number of hydrogen-bond donors (Lipinski definition) is 1. The lowest BCUT2D eigenvalue weighted by molar-refractivity contribution is 0.338. The topological polar surface area (TPSA) is 52.0 Å². The van der Waals surface area contributed by atoms with Crippen LogP contribution in [0.15, 0.2) is 4.52 Å². The van der Waals surface area contributed by atoms with Gasteiger partial charge in [-0.1, -0.05) is 32.9 Å². The number of hydrogen-bond acceptors (Lipinski definition) is 3. The predicted octanol–water partition coefficient (Wildman–Crippen LogP) is 2.58. The molecule has 1 heterocycles. The Hall–Kier alpha value is -0.990. The van der Waals surface area contributed by atoms with E-state index in [0.717, 1.165) is 17.7 Å². The quantitative estimate of drug-likeness (QED) is 0.781. The Morgan fingerprint density at radius 3 is 2.46 bits per heavy atom. The van der Waals surface area contributed by atoms with Crippen molar-refractivity contribution in [3.63, 3.8) is 0 Å². The molecule has 0 fully saturated rings. The van der Waals surface area contributed by atoms with Gasteiger partial charge >= 0.3 is 0 Å². The fraction of sp³-hybridized carbons (Fsp3) is 0.700. The predicted molar refractivity (Wildman–Crippen MR) is 53.5 cm³/mol. The molecule has 0 aromatic carbocycles. The molecule has 0 aliphatic carbocycles. The molecule has 0 aliphatic heterocycles. The molecule has 1 aromatic heterocycles. The Labute approximate surface area is 79.3 Å². The van der Waals surface area contributed by atoms with E-state index < -0.39 is 0 Å². The Balaban J connectivity index is 3.00. The van der Waals surface area contributed by atoms with Crippen molar-refractivity contribution in [2.75, 3.05) is 5.73 Å². The maximum atomic E-state index is 5.68. The van der Waals surface area contributed by atoms with Crippen LogP contribution < -0.4 is 5.73 Å². The van der Waals surface area contributed by atoms with Gasteiger partial charge in [0, 0.05) is 11.5 Å². The molecule has 0 spiro atoms. The van der Waals surface area contributed by atoms with Gasteiger partial charge < -0.3 is 10.3 Å². The van der Waals surface area contributed by atoms with Gasteiger partial charge in [-0.3, -0.25) is 0 Å². The van der Waals surface area contributed by atoms with Gasteiger partial charge in [-0.2, -0.15) is 0 Å². The third-order valence-electron chi connectivity index (χ3n) is 2.62. The molecule has 2 N–H and O–H groups in total. The van der Waals surface area contributed by atoms with Crippen molar-refractivity contribution in [1.82, 2.24) is 5.16 Å². The molecular weight excluding hydrogens is 164 g/mol. The lowest BCUT2D eigenvalue weighted by atomic mass is 9.92. The summed E-state index contributed by atoms with van der Waals surface area (Å²) in [4.78, 5) is 0. The van der Waals surface area contributed by atoms with Gasteiger partial charge in [0.1, 0.15) is 5.76 Å². The van der Waals surface area contributed by atoms with Crippen molar-refractivity contribution in [3.05, 3.63) is 11.3 Å². The van der Waals surface area contributed by atoms with Crippen LogP contribution in [0.2, 0.25) is 0 Å². The van der Waals surface area contributed by atoms with Crippen molar-refractivity contribution in [2.24, 2.45) is 5.92 Å². The molecule has 3 nitrogen and oxygen atoms in total. The molecule has 3 heteroatoms. The average Bonchev–Trinajstić information content (AvgIpc) is 2.45. The molecule has 0 bridgehead atoms. The second kappa shape index (κ2) is 3.81. The summed E-state index contributed by atoms with van der Waals surface area (Å²) in [6.07, 6.45) is 0.891. The summed E-state index contributed by atoms with van der Waals surface area (Å²) in [6.45, 7) is 8.55. The first-order valence-electron chi connectivity index (χ1n) is 4.81. The zero-order valence-corrected chi connectivity index (χ0v) is 8.79. The highest BCUT2D eigenvalue weighted by Gasteiger charge is 2.20. The number of aromatic nitrogens is 1. The second-order valence-corrected chi connectivity index (χ2v) is 3.80. The van der Waals surface area contributed by atoms with Gasteiger partial charge in [-0.05, 0) is 12.3 Å². The maximum absolute atomic E-state index is 5.68. The zero-order valence-electron chi connectivity index (χ0n) is 8.79. The van der Waals surface area contributed by atoms with Crippen molar-refractivity contribution in [3.8, 4) is 0 Å². The highest BCUT2D eigenvalue weighted by molar-refractivity contribution is 5.41. The van der Waals surface area contributed by atoms with E-state index in [9.17, 15) is 0 Å². The molecule has 13 heavy (non-hydrogen) atoms. The lowest BCUT2D eigenvalue weighted by Crippen LogP contribution is -2.03. The minimum absolute atomic E-state index is 0.389. The average molecular weight is 182 g/mol. The molecule has 1 atom stereocenters. The molecule has 0 aliphatic rings. The fourth-order valence-corrected chi connectivity index (χ4v) is 1.35. The largest absolute Gasteiger partial charge is 0.381 e. The van der Waals surface area contributed by atoms with Gasteiger partial charge in [-0.25, -0.2) is 0 Å². The number of nitrogens with zero attached hydrogens (tertiary/aromatic N) is 1. The maximum Gasteiger partial charge on any atom is 0.170 e. The van der Waals surface area contributed by atoms with E-state index in [-0.39, 0.29) is 0 Å². The van der Waals surface area contributed by atoms with E-state index in [1.807, 2.05) is 0 Å². The molecule has 0 amide bonds. The van der Waals surface area contributed by atoms with Crippen LogP contribution in [-0.2, 0) is 6.42 Å². The SMILES string of the molecule is CCc1c(N)noc1C(C)C(C)C. The first kappa shape index (κ1) is 10.1. The highest BCUT2D eigenvalue weighted by atomic mass is 16.5. The molecule has 0 radical (unpaired) electrons. The third kappa shape index (κ3) is 1.85. The summed E-state index contributed by atoms with van der Waals surface area (Å²) in [7, 11) is 0. The van der Waals surface area contributed by atoms with Crippen LogP contribution in [0, 0.1) is 5.92 Å². The summed E-state index contributed by atoms with van der Waals surface area (Å²) in [6, 6.07) is 0. The van der Waals surface area contributed by atoms with E-state index in [0.29, 0.717) is 17.7 Å². The first-order chi connectivity index (χ1) is 6.07. The molecule has 1 unspecified atom stereocenters. The minimum atomic E-state index is 0.389. The summed E-state index contributed by atoms with van der Waals surface area (Å²) >= 11 is 0.